The predicted molar refractivity (Wildman–Crippen MR) is 123 cm³/mol. The van der Waals surface area contributed by atoms with E-state index in [9.17, 15) is 9.59 Å². The molecular formula is C25H28N4O3. The summed E-state index contributed by atoms with van der Waals surface area (Å²) in [6.07, 6.45) is 2.45. The van der Waals surface area contributed by atoms with Gasteiger partial charge in [-0.25, -0.2) is 10.2 Å². The fourth-order valence-electron chi connectivity index (χ4n) is 4.76. The Bertz CT molecular complexity index is 1070. The van der Waals surface area contributed by atoms with Gasteiger partial charge in [0.1, 0.15) is 6.10 Å². The molecule has 0 radical (unpaired) electrons. The average molecular weight is 433 g/mol. The van der Waals surface area contributed by atoms with Crippen LogP contribution < -0.4 is 15.6 Å². The minimum absolute atomic E-state index is 0.126. The molecule has 3 aliphatic rings. The van der Waals surface area contributed by atoms with Gasteiger partial charge in [0.15, 0.2) is 0 Å². The quantitative estimate of drug-likeness (QED) is 0.759. The summed E-state index contributed by atoms with van der Waals surface area (Å²) in [5.74, 6) is -0.126. The van der Waals surface area contributed by atoms with Crippen molar-refractivity contribution in [1.82, 2.24) is 15.8 Å². The average Bonchev–Trinajstić information content (AvgIpc) is 3.30. The minimum Gasteiger partial charge on any atom is -0.442 e. The number of hydrazine groups is 1. The lowest BCUT2D eigenvalue weighted by Gasteiger charge is -2.25. The zero-order chi connectivity index (χ0) is 22.1. The number of hydrogen-bond acceptors (Lipinski definition) is 5. The second-order valence-corrected chi connectivity index (χ2v) is 8.61. The van der Waals surface area contributed by atoms with E-state index in [2.05, 4.69) is 52.1 Å². The SMILES string of the molecule is CC(=O)NC[C@H]1CN(c2ccc3c(c2)CCCC2=C3N(Cc3ccccc3)NC2)C(=O)O1. The van der Waals surface area contributed by atoms with Crippen LogP contribution in [0.5, 0.6) is 0 Å². The molecule has 0 bridgehead atoms. The molecule has 1 aliphatic carbocycles. The van der Waals surface area contributed by atoms with Crippen LogP contribution in [0.3, 0.4) is 0 Å². The standard InChI is InChI=1S/C25H28N4O3/c1-17(30)26-14-22-16-28(25(31)32-22)21-10-11-23-19(12-21)8-5-9-20-13-27-29(24(20)23)15-18-6-3-2-4-7-18/h2-4,6-7,10-12,22,27H,5,8-9,13-16H2,1H3,(H,26,30)/t22-/m0/s1. The molecule has 2 aromatic rings. The Morgan fingerprint density at radius 1 is 1.19 bits per heavy atom. The summed E-state index contributed by atoms with van der Waals surface area (Å²) in [4.78, 5) is 25.3. The third kappa shape index (κ3) is 4.08. The third-order valence-electron chi connectivity index (χ3n) is 6.30. The maximum absolute atomic E-state index is 12.5. The number of ether oxygens (including phenoxy) is 1. The second kappa shape index (κ2) is 8.67. The number of benzene rings is 2. The molecule has 7 heteroatoms. The number of amides is 2. The van der Waals surface area contributed by atoms with Gasteiger partial charge in [0.2, 0.25) is 5.91 Å². The molecule has 2 aromatic carbocycles. The fraction of sp³-hybridized carbons (Fsp3) is 0.360. The molecule has 1 saturated heterocycles. The second-order valence-electron chi connectivity index (χ2n) is 8.61. The van der Waals surface area contributed by atoms with E-state index in [-0.39, 0.29) is 18.1 Å². The van der Waals surface area contributed by atoms with Gasteiger partial charge in [0.05, 0.1) is 25.3 Å². The van der Waals surface area contributed by atoms with Gasteiger partial charge in [-0.15, -0.1) is 0 Å². The lowest BCUT2D eigenvalue weighted by Crippen LogP contribution is -2.33. The van der Waals surface area contributed by atoms with Crippen molar-refractivity contribution in [2.24, 2.45) is 0 Å². The molecule has 2 aliphatic heterocycles. The van der Waals surface area contributed by atoms with E-state index in [4.69, 9.17) is 4.74 Å². The van der Waals surface area contributed by atoms with Gasteiger partial charge in [-0.1, -0.05) is 36.4 Å². The number of anilines is 1. The zero-order valence-electron chi connectivity index (χ0n) is 18.3. The van der Waals surface area contributed by atoms with Gasteiger partial charge < -0.3 is 15.1 Å². The van der Waals surface area contributed by atoms with Crippen LogP contribution in [0.4, 0.5) is 10.5 Å². The number of carbonyl (C=O) groups excluding carboxylic acids is 2. The molecule has 0 spiro atoms. The van der Waals surface area contributed by atoms with Crippen LogP contribution in [-0.4, -0.2) is 42.7 Å². The zero-order valence-corrected chi connectivity index (χ0v) is 18.3. The van der Waals surface area contributed by atoms with Gasteiger partial charge in [-0.3, -0.25) is 9.69 Å². The van der Waals surface area contributed by atoms with E-state index in [0.717, 1.165) is 38.0 Å². The van der Waals surface area contributed by atoms with E-state index < -0.39 is 0 Å². The van der Waals surface area contributed by atoms with E-state index in [0.29, 0.717) is 13.1 Å². The lowest BCUT2D eigenvalue weighted by atomic mass is 10.0. The number of nitrogens with zero attached hydrogens (tertiary/aromatic N) is 2. The molecule has 0 saturated carbocycles. The molecule has 2 N–H and O–H groups in total. The highest BCUT2D eigenvalue weighted by atomic mass is 16.6. The van der Waals surface area contributed by atoms with Gasteiger partial charge in [0, 0.05) is 24.7 Å². The van der Waals surface area contributed by atoms with Gasteiger partial charge in [-0.2, -0.15) is 0 Å². The number of aryl methyl sites for hydroxylation is 1. The van der Waals surface area contributed by atoms with Crippen LogP contribution in [0.2, 0.25) is 0 Å². The molecule has 0 unspecified atom stereocenters. The van der Waals surface area contributed by atoms with E-state index in [1.807, 2.05) is 12.1 Å². The number of nitrogens with one attached hydrogen (secondary N) is 2. The molecule has 32 heavy (non-hydrogen) atoms. The van der Waals surface area contributed by atoms with Crippen molar-refractivity contribution in [2.75, 3.05) is 24.5 Å². The molecule has 2 heterocycles. The molecule has 5 rings (SSSR count). The highest BCUT2D eigenvalue weighted by molar-refractivity contribution is 5.90. The Kier molecular flexibility index (Phi) is 5.57. The molecule has 2 amide bonds. The van der Waals surface area contributed by atoms with Crippen molar-refractivity contribution in [1.29, 1.82) is 0 Å². The first-order valence-corrected chi connectivity index (χ1v) is 11.2. The molecule has 0 aromatic heterocycles. The summed E-state index contributed by atoms with van der Waals surface area (Å²) in [5, 5.41) is 4.99. The number of hydrogen-bond donors (Lipinski definition) is 2. The smallest absolute Gasteiger partial charge is 0.414 e. The topological polar surface area (TPSA) is 73.9 Å². The van der Waals surface area contributed by atoms with E-state index in [1.54, 1.807) is 4.90 Å². The van der Waals surface area contributed by atoms with Crippen LogP contribution >= 0.6 is 0 Å². The Hall–Kier alpha value is -3.32. The Labute approximate surface area is 188 Å². The van der Waals surface area contributed by atoms with Crippen molar-refractivity contribution in [3.63, 3.8) is 0 Å². The number of cyclic esters (lactones) is 1. The van der Waals surface area contributed by atoms with Crippen molar-refractivity contribution < 1.29 is 14.3 Å². The summed E-state index contributed by atoms with van der Waals surface area (Å²) >= 11 is 0. The maximum atomic E-state index is 12.5. The van der Waals surface area contributed by atoms with Gasteiger partial charge in [-0.05, 0) is 48.1 Å². The van der Waals surface area contributed by atoms with Crippen molar-refractivity contribution in [2.45, 2.75) is 38.8 Å². The highest BCUT2D eigenvalue weighted by Crippen LogP contribution is 2.37. The van der Waals surface area contributed by atoms with Crippen molar-refractivity contribution in [3.8, 4) is 0 Å². The first-order chi connectivity index (χ1) is 15.6. The van der Waals surface area contributed by atoms with Crippen LogP contribution in [0.1, 0.15) is 36.5 Å². The number of rotatable bonds is 5. The number of fused-ring (bicyclic) bond motifs is 2. The minimum atomic E-state index is -0.359. The number of carbonyl (C=O) groups is 2. The summed E-state index contributed by atoms with van der Waals surface area (Å²) in [6, 6.07) is 16.8. The van der Waals surface area contributed by atoms with Crippen molar-refractivity contribution >= 4 is 23.4 Å². The summed E-state index contributed by atoms with van der Waals surface area (Å²) in [5.41, 5.74) is 10.9. The summed E-state index contributed by atoms with van der Waals surface area (Å²) < 4.78 is 5.45. The Morgan fingerprint density at radius 3 is 2.84 bits per heavy atom. The maximum Gasteiger partial charge on any atom is 0.414 e. The normalized spacial score (nSPS) is 20.0. The third-order valence-corrected chi connectivity index (χ3v) is 6.30. The van der Waals surface area contributed by atoms with Crippen LogP contribution in [0, 0.1) is 0 Å². The predicted octanol–water partition coefficient (Wildman–Crippen LogP) is 3.22. The Morgan fingerprint density at radius 2 is 2.03 bits per heavy atom. The summed E-state index contributed by atoms with van der Waals surface area (Å²) in [7, 11) is 0. The molecule has 1 atom stereocenters. The van der Waals surface area contributed by atoms with Crippen molar-refractivity contribution in [3.05, 3.63) is 70.8 Å². The fourth-order valence-corrected chi connectivity index (χ4v) is 4.76. The van der Waals surface area contributed by atoms with Gasteiger partial charge >= 0.3 is 6.09 Å². The van der Waals surface area contributed by atoms with E-state index in [1.165, 1.54) is 34.9 Å². The van der Waals surface area contributed by atoms with E-state index >= 15 is 0 Å². The monoisotopic (exact) mass is 432 g/mol. The molecule has 1 fully saturated rings. The molecular weight excluding hydrogens is 404 g/mol. The molecule has 7 nitrogen and oxygen atoms in total. The van der Waals surface area contributed by atoms with Crippen LogP contribution in [-0.2, 0) is 22.5 Å². The van der Waals surface area contributed by atoms with Crippen LogP contribution in [0.15, 0.2) is 54.1 Å². The molecule has 166 valence electrons. The van der Waals surface area contributed by atoms with Gasteiger partial charge in [0.25, 0.3) is 0 Å². The first-order valence-electron chi connectivity index (χ1n) is 11.2. The first kappa shape index (κ1) is 20.6. The lowest BCUT2D eigenvalue weighted by molar-refractivity contribution is -0.119. The summed E-state index contributed by atoms with van der Waals surface area (Å²) in [6.45, 7) is 3.92. The Balaban J connectivity index is 1.39. The highest BCUT2D eigenvalue weighted by Gasteiger charge is 2.33. The largest absolute Gasteiger partial charge is 0.442 e. The van der Waals surface area contributed by atoms with Crippen LogP contribution in [0.25, 0.3) is 5.70 Å².